The van der Waals surface area contributed by atoms with E-state index < -0.39 is 0 Å². The first-order chi connectivity index (χ1) is 10.6. The minimum atomic E-state index is 0.366. The fourth-order valence-corrected chi connectivity index (χ4v) is 4.02. The molecule has 2 fully saturated rings. The maximum Gasteiger partial charge on any atom is 0.0678 e. The molecular formula is C18H27ClN2O. The molecule has 0 radical (unpaired) electrons. The number of benzene rings is 1. The van der Waals surface area contributed by atoms with Gasteiger partial charge in [0.25, 0.3) is 0 Å². The first kappa shape index (κ1) is 16.3. The Balaban J connectivity index is 1.51. The number of nitrogens with zero attached hydrogens (tertiary/aromatic N) is 2. The number of halogens is 1. The van der Waals surface area contributed by atoms with Crippen molar-refractivity contribution in [3.8, 4) is 0 Å². The highest BCUT2D eigenvalue weighted by Crippen LogP contribution is 2.24. The molecule has 0 spiro atoms. The zero-order valence-electron chi connectivity index (χ0n) is 13.7. The molecule has 2 saturated heterocycles. The highest BCUT2D eigenvalue weighted by atomic mass is 35.5. The van der Waals surface area contributed by atoms with Crippen molar-refractivity contribution in [3.63, 3.8) is 0 Å². The smallest absolute Gasteiger partial charge is 0.0678 e. The Morgan fingerprint density at radius 1 is 1.09 bits per heavy atom. The number of likely N-dealkylation sites (tertiary alicyclic amines) is 1. The van der Waals surface area contributed by atoms with E-state index in [4.69, 9.17) is 16.3 Å². The summed E-state index contributed by atoms with van der Waals surface area (Å²) in [7, 11) is 0. The topological polar surface area (TPSA) is 15.7 Å². The van der Waals surface area contributed by atoms with Crippen LogP contribution in [0.2, 0.25) is 5.02 Å². The van der Waals surface area contributed by atoms with Gasteiger partial charge in [0.15, 0.2) is 0 Å². The Morgan fingerprint density at radius 2 is 1.73 bits per heavy atom. The van der Waals surface area contributed by atoms with Gasteiger partial charge in [-0.3, -0.25) is 9.80 Å². The predicted octanol–water partition coefficient (Wildman–Crippen LogP) is 3.41. The molecule has 2 unspecified atom stereocenters. The molecule has 0 N–H and O–H groups in total. The van der Waals surface area contributed by atoms with Gasteiger partial charge in [-0.1, -0.05) is 29.8 Å². The van der Waals surface area contributed by atoms with Crippen LogP contribution in [0.25, 0.3) is 0 Å². The van der Waals surface area contributed by atoms with Gasteiger partial charge in [-0.25, -0.2) is 0 Å². The van der Waals surface area contributed by atoms with Crippen LogP contribution < -0.4 is 0 Å². The van der Waals surface area contributed by atoms with Crippen LogP contribution in [-0.4, -0.2) is 54.2 Å². The van der Waals surface area contributed by atoms with E-state index in [1.54, 1.807) is 0 Å². The molecule has 0 saturated carbocycles. The minimum absolute atomic E-state index is 0.366. The van der Waals surface area contributed by atoms with E-state index in [0.29, 0.717) is 12.2 Å². The van der Waals surface area contributed by atoms with Crippen LogP contribution in [0.15, 0.2) is 24.3 Å². The van der Waals surface area contributed by atoms with E-state index in [2.05, 4.69) is 35.8 Å². The maximum absolute atomic E-state index is 6.28. The quantitative estimate of drug-likeness (QED) is 0.848. The average molecular weight is 323 g/mol. The third kappa shape index (κ3) is 4.02. The van der Waals surface area contributed by atoms with Crippen LogP contribution in [0, 0.1) is 0 Å². The third-order valence-electron chi connectivity index (χ3n) is 4.87. The summed E-state index contributed by atoms with van der Waals surface area (Å²) in [5.41, 5.74) is 1.25. The van der Waals surface area contributed by atoms with E-state index in [1.165, 1.54) is 18.4 Å². The molecule has 1 aromatic rings. The zero-order chi connectivity index (χ0) is 15.5. The molecule has 0 bridgehead atoms. The molecule has 2 aliphatic rings. The Labute approximate surface area is 139 Å². The van der Waals surface area contributed by atoms with Crippen molar-refractivity contribution < 1.29 is 4.74 Å². The van der Waals surface area contributed by atoms with Crippen molar-refractivity contribution in [2.24, 2.45) is 0 Å². The summed E-state index contributed by atoms with van der Waals surface area (Å²) in [6, 6.07) is 8.92. The van der Waals surface area contributed by atoms with Crippen molar-refractivity contribution >= 4 is 11.6 Å². The maximum atomic E-state index is 6.28. The Bertz CT molecular complexity index is 478. The lowest BCUT2D eigenvalue weighted by molar-refractivity contribution is -0.0865. The molecule has 2 aliphatic heterocycles. The average Bonchev–Trinajstić information content (AvgIpc) is 2.49. The van der Waals surface area contributed by atoms with Gasteiger partial charge in [-0.15, -0.1) is 0 Å². The molecule has 2 heterocycles. The normalized spacial score (nSPS) is 28.9. The van der Waals surface area contributed by atoms with Crippen molar-refractivity contribution in [2.75, 3.05) is 26.2 Å². The molecule has 3 rings (SSSR count). The molecular weight excluding hydrogens is 296 g/mol. The van der Waals surface area contributed by atoms with Crippen LogP contribution >= 0.6 is 11.6 Å². The van der Waals surface area contributed by atoms with Gasteiger partial charge >= 0.3 is 0 Å². The fourth-order valence-electron chi connectivity index (χ4n) is 3.83. The number of hydrogen-bond donors (Lipinski definition) is 0. The van der Waals surface area contributed by atoms with E-state index in [1.807, 2.05) is 12.1 Å². The van der Waals surface area contributed by atoms with Crippen molar-refractivity contribution in [1.29, 1.82) is 0 Å². The number of piperidine rings is 1. The summed E-state index contributed by atoms with van der Waals surface area (Å²) in [6.45, 7) is 9.84. The second kappa shape index (κ2) is 7.31. The van der Waals surface area contributed by atoms with Crippen LogP contribution in [0.5, 0.6) is 0 Å². The lowest BCUT2D eigenvalue weighted by Crippen LogP contribution is -2.53. The van der Waals surface area contributed by atoms with Gasteiger partial charge < -0.3 is 4.74 Å². The number of hydrogen-bond acceptors (Lipinski definition) is 3. The third-order valence-corrected chi connectivity index (χ3v) is 5.24. The molecule has 2 atom stereocenters. The SMILES string of the molecule is CC1CN(C2CCN(Cc3ccccc3Cl)CC2)CC(C)O1. The second-order valence-electron chi connectivity index (χ2n) is 6.81. The summed E-state index contributed by atoms with van der Waals surface area (Å²) in [5.74, 6) is 0. The number of rotatable bonds is 3. The number of morpholine rings is 1. The van der Waals surface area contributed by atoms with Crippen molar-refractivity contribution in [2.45, 2.75) is 51.5 Å². The fraction of sp³-hybridized carbons (Fsp3) is 0.667. The van der Waals surface area contributed by atoms with Crippen molar-refractivity contribution in [1.82, 2.24) is 9.80 Å². The van der Waals surface area contributed by atoms with E-state index >= 15 is 0 Å². The number of ether oxygens (including phenoxy) is 1. The monoisotopic (exact) mass is 322 g/mol. The van der Waals surface area contributed by atoms with E-state index in [0.717, 1.165) is 43.8 Å². The van der Waals surface area contributed by atoms with Crippen LogP contribution in [-0.2, 0) is 11.3 Å². The summed E-state index contributed by atoms with van der Waals surface area (Å²) in [5, 5.41) is 0.889. The summed E-state index contributed by atoms with van der Waals surface area (Å²) in [6.07, 6.45) is 3.24. The lowest BCUT2D eigenvalue weighted by atomic mass is 10.0. The molecule has 22 heavy (non-hydrogen) atoms. The molecule has 0 aromatic heterocycles. The summed E-state index contributed by atoms with van der Waals surface area (Å²) >= 11 is 6.28. The molecule has 0 aliphatic carbocycles. The van der Waals surface area contributed by atoms with Crippen molar-refractivity contribution in [3.05, 3.63) is 34.9 Å². The standard InChI is InChI=1S/C18H27ClN2O/c1-14-11-21(12-15(2)22-14)17-7-9-20(10-8-17)13-16-5-3-4-6-18(16)19/h3-6,14-15,17H,7-13H2,1-2H3. The van der Waals surface area contributed by atoms with Gasteiger partial charge in [0.1, 0.15) is 0 Å². The Hall–Kier alpha value is -0.610. The lowest BCUT2D eigenvalue weighted by Gasteiger charge is -2.43. The van der Waals surface area contributed by atoms with Crippen LogP contribution in [0.1, 0.15) is 32.3 Å². The van der Waals surface area contributed by atoms with Gasteiger partial charge in [0.2, 0.25) is 0 Å². The molecule has 1 aromatic carbocycles. The van der Waals surface area contributed by atoms with Gasteiger partial charge in [0, 0.05) is 30.7 Å². The Morgan fingerprint density at radius 3 is 2.36 bits per heavy atom. The van der Waals surface area contributed by atoms with E-state index in [-0.39, 0.29) is 0 Å². The first-order valence-electron chi connectivity index (χ1n) is 8.47. The van der Waals surface area contributed by atoms with Gasteiger partial charge in [-0.05, 0) is 51.4 Å². The molecule has 4 heteroatoms. The largest absolute Gasteiger partial charge is 0.373 e. The van der Waals surface area contributed by atoms with Crippen LogP contribution in [0.3, 0.4) is 0 Å². The van der Waals surface area contributed by atoms with E-state index in [9.17, 15) is 0 Å². The van der Waals surface area contributed by atoms with Gasteiger partial charge in [0.05, 0.1) is 12.2 Å². The molecule has 0 amide bonds. The Kier molecular flexibility index (Phi) is 5.40. The highest BCUT2D eigenvalue weighted by Gasteiger charge is 2.30. The molecule has 122 valence electrons. The van der Waals surface area contributed by atoms with Gasteiger partial charge in [-0.2, -0.15) is 0 Å². The summed E-state index contributed by atoms with van der Waals surface area (Å²) < 4.78 is 5.85. The second-order valence-corrected chi connectivity index (χ2v) is 7.22. The molecule has 3 nitrogen and oxygen atoms in total. The minimum Gasteiger partial charge on any atom is -0.373 e. The van der Waals surface area contributed by atoms with Crippen LogP contribution in [0.4, 0.5) is 0 Å². The highest BCUT2D eigenvalue weighted by molar-refractivity contribution is 6.31. The zero-order valence-corrected chi connectivity index (χ0v) is 14.4. The first-order valence-corrected chi connectivity index (χ1v) is 8.85. The summed E-state index contributed by atoms with van der Waals surface area (Å²) in [4.78, 5) is 5.18. The predicted molar refractivity (Wildman–Crippen MR) is 91.3 cm³/mol.